The molecule has 0 atom stereocenters. The molecule has 3 rings (SSSR count). The fourth-order valence-electron chi connectivity index (χ4n) is 2.78. The highest BCUT2D eigenvalue weighted by Crippen LogP contribution is 2.21. The van der Waals surface area contributed by atoms with Crippen LogP contribution in [0, 0.1) is 0 Å². The van der Waals surface area contributed by atoms with Crippen molar-refractivity contribution in [1.29, 1.82) is 0 Å². The van der Waals surface area contributed by atoms with Crippen molar-refractivity contribution in [2.45, 2.75) is 6.42 Å². The second-order valence-corrected chi connectivity index (χ2v) is 6.54. The number of nitrogen functional groups attached to an aromatic ring is 2. The summed E-state index contributed by atoms with van der Waals surface area (Å²) in [5.41, 5.74) is 16.2. The lowest BCUT2D eigenvalue weighted by Gasteiger charge is -2.09. The fraction of sp³-hybridized carbons (Fsp3) is 0.125. The molecule has 0 aromatic heterocycles. The molecule has 0 aliphatic heterocycles. The van der Waals surface area contributed by atoms with Gasteiger partial charge in [-0.3, -0.25) is 0 Å². The number of hydrogen-bond acceptors (Lipinski definition) is 5. The molecule has 148 valence electrons. The lowest BCUT2D eigenvalue weighted by molar-refractivity contribution is -0.138. The molecule has 3 aromatic rings. The van der Waals surface area contributed by atoms with Crippen LogP contribution >= 0.6 is 0 Å². The number of anilines is 2. The van der Waals surface area contributed by atoms with E-state index in [1.807, 2.05) is 66.7 Å². The van der Waals surface area contributed by atoms with Crippen LogP contribution in [-0.4, -0.2) is 19.2 Å². The quantitative estimate of drug-likeness (QED) is 0.263. The molecular formula is C24H24N2O3. The van der Waals surface area contributed by atoms with Gasteiger partial charge in [-0.05, 0) is 53.5 Å². The molecular weight excluding hydrogens is 364 g/mol. The summed E-state index contributed by atoms with van der Waals surface area (Å²) in [4.78, 5) is 11.7. The Hall–Kier alpha value is -3.73. The van der Waals surface area contributed by atoms with Crippen molar-refractivity contribution >= 4 is 23.4 Å². The van der Waals surface area contributed by atoms with Crippen LogP contribution in [0.1, 0.15) is 16.7 Å². The van der Waals surface area contributed by atoms with Gasteiger partial charge in [-0.15, -0.1) is 0 Å². The summed E-state index contributed by atoms with van der Waals surface area (Å²) in [7, 11) is 0. The van der Waals surface area contributed by atoms with E-state index < -0.39 is 5.97 Å². The molecule has 0 aliphatic rings. The first kappa shape index (κ1) is 20.0. The number of ether oxygens (including phenoxy) is 2. The zero-order valence-corrected chi connectivity index (χ0v) is 16.1. The maximum atomic E-state index is 11.7. The van der Waals surface area contributed by atoms with Gasteiger partial charge in [0.15, 0.2) is 0 Å². The Labute approximate surface area is 170 Å². The van der Waals surface area contributed by atoms with E-state index in [0.29, 0.717) is 11.4 Å². The third-order valence-corrected chi connectivity index (χ3v) is 4.30. The van der Waals surface area contributed by atoms with Crippen molar-refractivity contribution in [1.82, 2.24) is 0 Å². The monoisotopic (exact) mass is 388 g/mol. The van der Waals surface area contributed by atoms with E-state index in [2.05, 4.69) is 0 Å². The van der Waals surface area contributed by atoms with Crippen LogP contribution in [0.15, 0.2) is 78.9 Å². The summed E-state index contributed by atoms with van der Waals surface area (Å²) in [6, 6.07) is 22.9. The van der Waals surface area contributed by atoms with E-state index in [-0.39, 0.29) is 13.2 Å². The van der Waals surface area contributed by atoms with Crippen LogP contribution in [0.25, 0.3) is 6.08 Å². The Kier molecular flexibility index (Phi) is 6.90. The standard InChI is InChI=1S/C24H24N2O3/c25-21-10-9-20(23(26)17-21)16-19-6-11-22(12-7-19)28-14-15-29-24(27)13-8-18-4-2-1-3-5-18/h1-13,17H,14-16,25-26H2/b13-8-. The zero-order chi connectivity index (χ0) is 20.5. The average Bonchev–Trinajstić information content (AvgIpc) is 2.73. The van der Waals surface area contributed by atoms with Gasteiger partial charge in [0.05, 0.1) is 0 Å². The minimum absolute atomic E-state index is 0.182. The largest absolute Gasteiger partial charge is 0.490 e. The number of nitrogens with two attached hydrogens (primary N) is 2. The van der Waals surface area contributed by atoms with Crippen molar-refractivity contribution in [3.05, 3.63) is 95.6 Å². The van der Waals surface area contributed by atoms with Gasteiger partial charge in [0.1, 0.15) is 19.0 Å². The SMILES string of the molecule is Nc1ccc(Cc2ccc(OCCOC(=O)/C=C\c3ccccc3)cc2)c(N)c1. The van der Waals surface area contributed by atoms with E-state index in [4.69, 9.17) is 20.9 Å². The first-order chi connectivity index (χ1) is 14.1. The van der Waals surface area contributed by atoms with Crippen LogP contribution in [0.2, 0.25) is 0 Å². The Morgan fingerprint density at radius 3 is 2.38 bits per heavy atom. The second kappa shape index (κ2) is 9.99. The summed E-state index contributed by atoms with van der Waals surface area (Å²) in [6.07, 6.45) is 3.85. The number of esters is 1. The molecule has 0 fully saturated rings. The van der Waals surface area contributed by atoms with Gasteiger partial charge in [0.2, 0.25) is 0 Å². The maximum absolute atomic E-state index is 11.7. The van der Waals surface area contributed by atoms with Gasteiger partial charge < -0.3 is 20.9 Å². The van der Waals surface area contributed by atoms with Gasteiger partial charge in [-0.1, -0.05) is 48.5 Å². The number of carbonyl (C=O) groups is 1. The normalized spacial score (nSPS) is 10.8. The van der Waals surface area contributed by atoms with Crippen molar-refractivity contribution in [2.75, 3.05) is 24.7 Å². The number of rotatable bonds is 8. The van der Waals surface area contributed by atoms with Crippen LogP contribution in [0.4, 0.5) is 11.4 Å². The Bertz CT molecular complexity index is 967. The maximum Gasteiger partial charge on any atom is 0.330 e. The van der Waals surface area contributed by atoms with Crippen molar-refractivity contribution < 1.29 is 14.3 Å². The smallest absolute Gasteiger partial charge is 0.330 e. The van der Waals surface area contributed by atoms with Gasteiger partial charge in [-0.25, -0.2) is 4.79 Å². The highest BCUT2D eigenvalue weighted by atomic mass is 16.6. The molecule has 0 saturated carbocycles. The summed E-state index contributed by atoms with van der Waals surface area (Å²) in [5, 5.41) is 0. The van der Waals surface area contributed by atoms with Crippen LogP contribution in [0.5, 0.6) is 5.75 Å². The molecule has 0 spiro atoms. The van der Waals surface area contributed by atoms with Gasteiger partial charge in [-0.2, -0.15) is 0 Å². The molecule has 0 saturated heterocycles. The van der Waals surface area contributed by atoms with Gasteiger partial charge in [0.25, 0.3) is 0 Å². The van der Waals surface area contributed by atoms with E-state index in [1.165, 1.54) is 6.08 Å². The van der Waals surface area contributed by atoms with E-state index in [9.17, 15) is 4.79 Å². The lowest BCUT2D eigenvalue weighted by atomic mass is 10.0. The van der Waals surface area contributed by atoms with Crippen molar-refractivity contribution in [3.63, 3.8) is 0 Å². The van der Waals surface area contributed by atoms with E-state index in [1.54, 1.807) is 12.1 Å². The molecule has 0 heterocycles. The van der Waals surface area contributed by atoms with Crippen molar-refractivity contribution in [2.24, 2.45) is 0 Å². The van der Waals surface area contributed by atoms with Crippen LogP contribution in [0.3, 0.4) is 0 Å². The molecule has 5 heteroatoms. The van der Waals surface area contributed by atoms with E-state index in [0.717, 1.165) is 28.9 Å². The molecule has 0 unspecified atom stereocenters. The van der Waals surface area contributed by atoms with Gasteiger partial charge >= 0.3 is 5.97 Å². The predicted octanol–water partition coefficient (Wildman–Crippen LogP) is 4.08. The third kappa shape index (κ3) is 6.43. The third-order valence-electron chi connectivity index (χ3n) is 4.30. The molecule has 29 heavy (non-hydrogen) atoms. The molecule has 3 aromatic carbocycles. The number of benzene rings is 3. The Morgan fingerprint density at radius 2 is 1.66 bits per heavy atom. The summed E-state index contributed by atoms with van der Waals surface area (Å²) >= 11 is 0. The molecule has 0 aliphatic carbocycles. The Morgan fingerprint density at radius 1 is 0.897 bits per heavy atom. The number of hydrogen-bond donors (Lipinski definition) is 2. The molecule has 4 N–H and O–H groups in total. The van der Waals surface area contributed by atoms with Crippen LogP contribution in [-0.2, 0) is 16.0 Å². The molecule has 0 bridgehead atoms. The van der Waals surface area contributed by atoms with E-state index >= 15 is 0 Å². The highest BCUT2D eigenvalue weighted by Gasteiger charge is 2.03. The predicted molar refractivity (Wildman–Crippen MR) is 116 cm³/mol. The summed E-state index contributed by atoms with van der Waals surface area (Å²) < 4.78 is 10.8. The fourth-order valence-corrected chi connectivity index (χ4v) is 2.78. The van der Waals surface area contributed by atoms with Crippen LogP contribution < -0.4 is 16.2 Å². The molecule has 0 amide bonds. The summed E-state index contributed by atoms with van der Waals surface area (Å²) in [5.74, 6) is 0.323. The topological polar surface area (TPSA) is 87.6 Å². The minimum Gasteiger partial charge on any atom is -0.490 e. The first-order valence-electron chi connectivity index (χ1n) is 9.35. The number of carbonyl (C=O) groups excluding carboxylic acids is 1. The summed E-state index contributed by atoms with van der Waals surface area (Å²) in [6.45, 7) is 0.469. The zero-order valence-electron chi connectivity index (χ0n) is 16.1. The minimum atomic E-state index is -0.395. The highest BCUT2D eigenvalue weighted by molar-refractivity contribution is 5.87. The van der Waals surface area contributed by atoms with Crippen molar-refractivity contribution in [3.8, 4) is 5.75 Å². The second-order valence-electron chi connectivity index (χ2n) is 6.54. The lowest BCUT2D eigenvalue weighted by Crippen LogP contribution is -2.10. The first-order valence-corrected chi connectivity index (χ1v) is 9.35. The van der Waals surface area contributed by atoms with Gasteiger partial charge in [0, 0.05) is 17.5 Å². The molecule has 0 radical (unpaired) electrons. The average molecular weight is 388 g/mol. The Balaban J connectivity index is 1.41. The molecule has 5 nitrogen and oxygen atoms in total.